The van der Waals surface area contributed by atoms with E-state index in [-0.39, 0.29) is 12.5 Å². The fourth-order valence-corrected chi connectivity index (χ4v) is 3.76. The first kappa shape index (κ1) is 18.1. The Morgan fingerprint density at radius 3 is 2.17 bits per heavy atom. The molecule has 2 rings (SSSR count). The highest BCUT2D eigenvalue weighted by Crippen LogP contribution is 2.48. The van der Waals surface area contributed by atoms with Crippen molar-refractivity contribution < 1.29 is 19.4 Å². The minimum Gasteiger partial charge on any atom is -0.481 e. The molecular weight excluding hydrogens is 294 g/mol. The molecule has 0 aromatic rings. The number of aliphatic carboxylic acids is 1. The predicted molar refractivity (Wildman–Crippen MR) is 88.2 cm³/mol. The van der Waals surface area contributed by atoms with Gasteiger partial charge in [0.05, 0.1) is 5.41 Å². The summed E-state index contributed by atoms with van der Waals surface area (Å²) in [6.07, 6.45) is 7.69. The smallest absolute Gasteiger partial charge is 0.407 e. The van der Waals surface area contributed by atoms with Crippen LogP contribution in [0.15, 0.2) is 0 Å². The Kier molecular flexibility index (Phi) is 5.58. The number of rotatable bonds is 6. The van der Waals surface area contributed by atoms with Gasteiger partial charge in [-0.15, -0.1) is 0 Å². The summed E-state index contributed by atoms with van der Waals surface area (Å²) in [5.74, 6) is -0.0925. The van der Waals surface area contributed by atoms with Gasteiger partial charge in [-0.3, -0.25) is 4.79 Å². The zero-order chi connectivity index (χ0) is 17.1. The van der Waals surface area contributed by atoms with Gasteiger partial charge in [0.2, 0.25) is 0 Å². The molecule has 2 aliphatic rings. The molecule has 0 radical (unpaired) electrons. The number of carboxylic acid groups (broad SMARTS) is 1. The van der Waals surface area contributed by atoms with E-state index in [9.17, 15) is 14.7 Å². The molecule has 0 aromatic heterocycles. The van der Waals surface area contributed by atoms with Crippen LogP contribution in [0.2, 0.25) is 0 Å². The Hall–Kier alpha value is -1.26. The van der Waals surface area contributed by atoms with E-state index in [0.717, 1.165) is 38.5 Å². The predicted octanol–water partition coefficient (Wildman–Crippen LogP) is 3.96. The molecule has 2 N–H and O–H groups in total. The highest BCUT2D eigenvalue weighted by molar-refractivity contribution is 5.77. The molecule has 0 aromatic carbocycles. The van der Waals surface area contributed by atoms with Crippen molar-refractivity contribution in [1.82, 2.24) is 5.32 Å². The quantitative estimate of drug-likeness (QED) is 0.775. The number of alkyl carbamates (subject to hydrolysis) is 1. The minimum atomic E-state index is -0.835. The molecule has 2 aliphatic carbocycles. The van der Waals surface area contributed by atoms with Gasteiger partial charge in [-0.25, -0.2) is 4.79 Å². The van der Waals surface area contributed by atoms with Gasteiger partial charge in [-0.05, 0) is 51.9 Å². The number of carbonyl (C=O) groups is 2. The SMILES string of the molecule is CC(C)(C)OC(=O)NCC(CC1CC1)(C(=O)O)C1CCCCC1. The maximum atomic E-state index is 12.2. The van der Waals surface area contributed by atoms with Gasteiger partial charge < -0.3 is 15.2 Å². The molecule has 0 spiro atoms. The van der Waals surface area contributed by atoms with Gasteiger partial charge >= 0.3 is 12.1 Å². The Morgan fingerprint density at radius 1 is 1.09 bits per heavy atom. The van der Waals surface area contributed by atoms with Gasteiger partial charge in [0, 0.05) is 6.54 Å². The second-order valence-corrected chi connectivity index (χ2v) is 8.30. The topological polar surface area (TPSA) is 75.6 Å². The molecule has 5 nitrogen and oxygen atoms in total. The van der Waals surface area contributed by atoms with E-state index in [4.69, 9.17) is 4.74 Å². The molecule has 23 heavy (non-hydrogen) atoms. The Morgan fingerprint density at radius 2 is 1.70 bits per heavy atom. The third-order valence-electron chi connectivity index (χ3n) is 5.11. The van der Waals surface area contributed by atoms with Gasteiger partial charge in [-0.1, -0.05) is 32.1 Å². The summed E-state index contributed by atoms with van der Waals surface area (Å²) in [5, 5.41) is 12.8. The van der Waals surface area contributed by atoms with Crippen LogP contribution in [0.25, 0.3) is 0 Å². The summed E-state index contributed by atoms with van der Waals surface area (Å²) in [4.78, 5) is 24.2. The molecule has 0 heterocycles. The molecule has 2 fully saturated rings. The molecule has 5 heteroatoms. The zero-order valence-electron chi connectivity index (χ0n) is 14.7. The van der Waals surface area contributed by atoms with Gasteiger partial charge in [0.15, 0.2) is 0 Å². The number of hydrogen-bond acceptors (Lipinski definition) is 3. The fourth-order valence-electron chi connectivity index (χ4n) is 3.76. The standard InChI is InChI=1S/C18H31NO4/c1-17(2,3)23-16(22)19-12-18(15(20)21,11-13-9-10-13)14-7-5-4-6-8-14/h13-14H,4-12H2,1-3H3,(H,19,22)(H,20,21). The van der Waals surface area contributed by atoms with Crippen LogP contribution in [-0.2, 0) is 9.53 Å². The molecule has 0 saturated heterocycles. The number of amides is 1. The second-order valence-electron chi connectivity index (χ2n) is 8.30. The third kappa shape index (κ3) is 5.11. The first-order valence-corrected chi connectivity index (χ1v) is 8.93. The summed E-state index contributed by atoms with van der Waals surface area (Å²) in [5.41, 5.74) is -1.41. The zero-order valence-corrected chi connectivity index (χ0v) is 14.7. The van der Waals surface area contributed by atoms with Crippen molar-refractivity contribution >= 4 is 12.1 Å². The molecule has 2 saturated carbocycles. The van der Waals surface area contributed by atoms with Crippen molar-refractivity contribution in [2.75, 3.05) is 6.54 Å². The highest BCUT2D eigenvalue weighted by atomic mass is 16.6. The summed E-state index contributed by atoms with van der Waals surface area (Å²) < 4.78 is 5.28. The summed E-state index contributed by atoms with van der Waals surface area (Å²) in [7, 11) is 0. The van der Waals surface area contributed by atoms with Crippen LogP contribution in [0, 0.1) is 17.3 Å². The van der Waals surface area contributed by atoms with Gasteiger partial charge in [0.25, 0.3) is 0 Å². The van der Waals surface area contributed by atoms with Crippen molar-refractivity contribution in [2.45, 2.75) is 77.7 Å². The van der Waals surface area contributed by atoms with Crippen LogP contribution in [-0.4, -0.2) is 29.3 Å². The molecule has 1 unspecified atom stereocenters. The first-order chi connectivity index (χ1) is 10.7. The van der Waals surface area contributed by atoms with Crippen LogP contribution >= 0.6 is 0 Å². The molecule has 1 amide bonds. The third-order valence-corrected chi connectivity index (χ3v) is 5.11. The van der Waals surface area contributed by atoms with Crippen LogP contribution in [0.4, 0.5) is 4.79 Å². The average molecular weight is 325 g/mol. The van der Waals surface area contributed by atoms with E-state index in [2.05, 4.69) is 5.32 Å². The summed E-state index contributed by atoms with van der Waals surface area (Å²) in [6, 6.07) is 0. The van der Waals surface area contributed by atoms with Crippen molar-refractivity contribution in [3.63, 3.8) is 0 Å². The lowest BCUT2D eigenvalue weighted by molar-refractivity contribution is -0.154. The summed E-state index contributed by atoms with van der Waals surface area (Å²) in [6.45, 7) is 5.60. The number of carbonyl (C=O) groups excluding carboxylic acids is 1. The maximum absolute atomic E-state index is 12.2. The Balaban J connectivity index is 2.08. The van der Waals surface area contributed by atoms with Crippen molar-refractivity contribution in [3.05, 3.63) is 0 Å². The lowest BCUT2D eigenvalue weighted by atomic mass is 9.66. The molecular formula is C18H31NO4. The average Bonchev–Trinajstić information content (AvgIpc) is 3.26. The van der Waals surface area contributed by atoms with E-state index in [1.54, 1.807) is 0 Å². The number of ether oxygens (including phenoxy) is 1. The van der Waals surface area contributed by atoms with E-state index < -0.39 is 23.1 Å². The van der Waals surface area contributed by atoms with Gasteiger partial charge in [-0.2, -0.15) is 0 Å². The fraction of sp³-hybridized carbons (Fsp3) is 0.889. The molecule has 0 bridgehead atoms. The maximum Gasteiger partial charge on any atom is 0.407 e. The van der Waals surface area contributed by atoms with E-state index in [1.807, 2.05) is 20.8 Å². The van der Waals surface area contributed by atoms with Crippen LogP contribution in [0.1, 0.15) is 72.1 Å². The monoisotopic (exact) mass is 325 g/mol. The molecule has 132 valence electrons. The first-order valence-electron chi connectivity index (χ1n) is 8.93. The Bertz CT molecular complexity index is 433. The molecule has 1 atom stereocenters. The van der Waals surface area contributed by atoms with E-state index >= 15 is 0 Å². The number of carboxylic acids is 1. The van der Waals surface area contributed by atoms with Crippen molar-refractivity contribution in [1.29, 1.82) is 0 Å². The normalized spacial score (nSPS) is 22.2. The van der Waals surface area contributed by atoms with Crippen LogP contribution in [0.3, 0.4) is 0 Å². The van der Waals surface area contributed by atoms with Crippen LogP contribution < -0.4 is 5.32 Å². The largest absolute Gasteiger partial charge is 0.481 e. The Labute approximate surface area is 139 Å². The number of nitrogens with one attached hydrogen (secondary N) is 1. The highest BCUT2D eigenvalue weighted by Gasteiger charge is 2.49. The number of hydrogen-bond donors (Lipinski definition) is 2. The summed E-state index contributed by atoms with van der Waals surface area (Å²) >= 11 is 0. The lowest BCUT2D eigenvalue weighted by Crippen LogP contribution is -2.49. The minimum absolute atomic E-state index is 0.157. The molecule has 0 aliphatic heterocycles. The van der Waals surface area contributed by atoms with Gasteiger partial charge in [0.1, 0.15) is 5.60 Å². The second kappa shape index (κ2) is 7.10. The van der Waals surface area contributed by atoms with Crippen molar-refractivity contribution in [2.24, 2.45) is 17.3 Å². The van der Waals surface area contributed by atoms with Crippen molar-refractivity contribution in [3.8, 4) is 0 Å². The van der Waals surface area contributed by atoms with E-state index in [1.165, 1.54) is 6.42 Å². The van der Waals surface area contributed by atoms with E-state index in [0.29, 0.717) is 12.3 Å². The lowest BCUT2D eigenvalue weighted by Gasteiger charge is -2.39. The van der Waals surface area contributed by atoms with Crippen LogP contribution in [0.5, 0.6) is 0 Å².